The molecule has 1 unspecified atom stereocenters. The second-order valence-corrected chi connectivity index (χ2v) is 7.27. The number of para-hydroxylation sites is 1. The minimum atomic E-state index is -1.38. The van der Waals surface area contributed by atoms with E-state index in [0.717, 1.165) is 4.90 Å². The van der Waals surface area contributed by atoms with E-state index in [9.17, 15) is 19.5 Å². The van der Waals surface area contributed by atoms with Gasteiger partial charge in [-0.2, -0.15) is 0 Å². The molecule has 7 heteroatoms. The first-order chi connectivity index (χ1) is 14.4. The predicted octanol–water partition coefficient (Wildman–Crippen LogP) is 1.51. The van der Waals surface area contributed by atoms with E-state index in [2.05, 4.69) is 0 Å². The molecule has 0 spiro atoms. The summed E-state index contributed by atoms with van der Waals surface area (Å²) in [5.41, 5.74) is 0.950. The molecule has 0 N–H and O–H groups in total. The average molecular weight is 407 g/mol. The standard InChI is InChI=1S/C23H24N2O5/c1-16(2)22-23(29)24(14-21(27)28)19(17-9-5-3-6-10-17)13-25(22)20(26)15-30-18-11-7-4-8-12-18/h3-13,16,22H,14-15H2,1-2H3,(H,27,28)/p-1. The van der Waals surface area contributed by atoms with Gasteiger partial charge < -0.3 is 24.4 Å². The van der Waals surface area contributed by atoms with E-state index in [1.807, 2.05) is 12.1 Å². The van der Waals surface area contributed by atoms with Gasteiger partial charge in [0.15, 0.2) is 6.61 Å². The number of rotatable bonds is 7. The summed E-state index contributed by atoms with van der Waals surface area (Å²) in [5, 5.41) is 11.3. The molecule has 2 aromatic rings. The highest BCUT2D eigenvalue weighted by atomic mass is 16.5. The number of ether oxygens (including phenoxy) is 1. The summed E-state index contributed by atoms with van der Waals surface area (Å²) < 4.78 is 5.57. The lowest BCUT2D eigenvalue weighted by atomic mass is 9.97. The minimum absolute atomic E-state index is 0.240. The first-order valence-corrected chi connectivity index (χ1v) is 9.66. The lowest BCUT2D eigenvalue weighted by molar-refractivity contribution is -0.305. The third kappa shape index (κ3) is 4.68. The maximum Gasteiger partial charge on any atom is 0.265 e. The molecule has 2 amide bonds. The van der Waals surface area contributed by atoms with Gasteiger partial charge in [0.25, 0.3) is 11.8 Å². The van der Waals surface area contributed by atoms with Crippen molar-refractivity contribution in [1.29, 1.82) is 0 Å². The monoisotopic (exact) mass is 407 g/mol. The van der Waals surface area contributed by atoms with Gasteiger partial charge in [-0.3, -0.25) is 9.59 Å². The number of carboxylic acids is 1. The number of hydrogen-bond acceptors (Lipinski definition) is 5. The van der Waals surface area contributed by atoms with Crippen LogP contribution in [0.5, 0.6) is 5.75 Å². The van der Waals surface area contributed by atoms with Crippen LogP contribution >= 0.6 is 0 Å². The normalized spacial score (nSPS) is 16.4. The topological polar surface area (TPSA) is 90.0 Å². The van der Waals surface area contributed by atoms with Crippen molar-refractivity contribution in [2.45, 2.75) is 19.9 Å². The fourth-order valence-corrected chi connectivity index (χ4v) is 3.38. The maximum atomic E-state index is 13.2. The van der Waals surface area contributed by atoms with Crippen LogP contribution in [0.15, 0.2) is 66.9 Å². The molecule has 2 aromatic carbocycles. The van der Waals surface area contributed by atoms with Crippen molar-refractivity contribution in [3.05, 3.63) is 72.4 Å². The SMILES string of the molecule is CC(C)C1C(=O)N(CC(=O)[O-])C(c2ccccc2)=CN1C(=O)COc1ccccc1. The number of nitrogens with zero attached hydrogens (tertiary/aromatic N) is 2. The van der Waals surface area contributed by atoms with Gasteiger partial charge in [0.2, 0.25) is 0 Å². The summed E-state index contributed by atoms with van der Waals surface area (Å²) in [5.74, 6) is -1.94. The zero-order valence-electron chi connectivity index (χ0n) is 16.9. The van der Waals surface area contributed by atoms with Crippen molar-refractivity contribution in [2.24, 2.45) is 5.92 Å². The van der Waals surface area contributed by atoms with Gasteiger partial charge in [0, 0.05) is 6.20 Å². The second-order valence-electron chi connectivity index (χ2n) is 7.27. The van der Waals surface area contributed by atoms with E-state index in [-0.39, 0.29) is 12.5 Å². The Balaban J connectivity index is 1.96. The molecule has 3 rings (SSSR count). The van der Waals surface area contributed by atoms with E-state index in [1.165, 1.54) is 11.1 Å². The number of carbonyl (C=O) groups is 3. The Labute approximate surface area is 175 Å². The summed E-state index contributed by atoms with van der Waals surface area (Å²) >= 11 is 0. The van der Waals surface area contributed by atoms with E-state index >= 15 is 0 Å². The zero-order valence-corrected chi connectivity index (χ0v) is 16.9. The van der Waals surface area contributed by atoms with Crippen molar-refractivity contribution in [1.82, 2.24) is 9.80 Å². The Kier molecular flexibility index (Phi) is 6.51. The van der Waals surface area contributed by atoms with Crippen LogP contribution in [0.4, 0.5) is 0 Å². The number of carbonyl (C=O) groups excluding carboxylic acids is 3. The van der Waals surface area contributed by atoms with Gasteiger partial charge >= 0.3 is 0 Å². The first kappa shape index (κ1) is 21.1. The van der Waals surface area contributed by atoms with Crippen LogP contribution < -0.4 is 9.84 Å². The Morgan fingerprint density at radius 3 is 2.20 bits per heavy atom. The van der Waals surface area contributed by atoms with Crippen LogP contribution in [0.1, 0.15) is 19.4 Å². The molecule has 7 nitrogen and oxygen atoms in total. The summed E-state index contributed by atoms with van der Waals surface area (Å²) in [7, 11) is 0. The molecule has 1 heterocycles. The summed E-state index contributed by atoms with van der Waals surface area (Å²) in [6, 6.07) is 16.9. The fourth-order valence-electron chi connectivity index (χ4n) is 3.38. The molecule has 0 aromatic heterocycles. The molecule has 0 radical (unpaired) electrons. The third-order valence-corrected chi connectivity index (χ3v) is 4.75. The highest BCUT2D eigenvalue weighted by Crippen LogP contribution is 2.30. The quantitative estimate of drug-likeness (QED) is 0.694. The molecule has 156 valence electrons. The minimum Gasteiger partial charge on any atom is -0.548 e. The highest BCUT2D eigenvalue weighted by Gasteiger charge is 2.40. The Morgan fingerprint density at radius 2 is 1.63 bits per heavy atom. The molecular weight excluding hydrogens is 384 g/mol. The number of benzene rings is 2. The first-order valence-electron chi connectivity index (χ1n) is 9.66. The van der Waals surface area contributed by atoms with Crippen molar-refractivity contribution >= 4 is 23.5 Å². The Bertz CT molecular complexity index is 941. The third-order valence-electron chi connectivity index (χ3n) is 4.75. The van der Waals surface area contributed by atoms with Crippen molar-refractivity contribution in [3.8, 4) is 5.75 Å². The van der Waals surface area contributed by atoms with E-state index in [4.69, 9.17) is 4.74 Å². The van der Waals surface area contributed by atoms with Gasteiger partial charge in [-0.05, 0) is 23.6 Å². The van der Waals surface area contributed by atoms with E-state index in [0.29, 0.717) is 17.0 Å². The molecule has 1 atom stereocenters. The molecule has 0 saturated carbocycles. The number of amides is 2. The fraction of sp³-hybridized carbons (Fsp3) is 0.261. The molecular formula is C23H23N2O5-. The van der Waals surface area contributed by atoms with Crippen molar-refractivity contribution in [3.63, 3.8) is 0 Å². The lowest BCUT2D eigenvalue weighted by Gasteiger charge is -2.41. The van der Waals surface area contributed by atoms with Crippen LogP contribution in [-0.2, 0) is 14.4 Å². The van der Waals surface area contributed by atoms with Crippen LogP contribution in [0.25, 0.3) is 5.70 Å². The van der Waals surface area contributed by atoms with Crippen LogP contribution in [0.2, 0.25) is 0 Å². The van der Waals surface area contributed by atoms with Crippen LogP contribution in [0.3, 0.4) is 0 Å². The maximum absolute atomic E-state index is 13.2. The zero-order chi connectivity index (χ0) is 21.7. The summed E-state index contributed by atoms with van der Waals surface area (Å²) in [6.07, 6.45) is 1.53. The average Bonchev–Trinajstić information content (AvgIpc) is 2.74. The molecule has 0 fully saturated rings. The second kappa shape index (κ2) is 9.26. The molecule has 0 aliphatic carbocycles. The Morgan fingerprint density at radius 1 is 1.03 bits per heavy atom. The summed E-state index contributed by atoms with van der Waals surface area (Å²) in [4.78, 5) is 40.1. The number of aliphatic carboxylic acids is 1. The van der Waals surface area contributed by atoms with Crippen molar-refractivity contribution in [2.75, 3.05) is 13.2 Å². The smallest absolute Gasteiger partial charge is 0.265 e. The molecule has 0 saturated heterocycles. The Hall–Kier alpha value is -3.61. The molecule has 30 heavy (non-hydrogen) atoms. The van der Waals surface area contributed by atoms with E-state index in [1.54, 1.807) is 62.4 Å². The number of carboxylic acid groups (broad SMARTS) is 1. The lowest BCUT2D eigenvalue weighted by Crippen LogP contribution is -2.57. The van der Waals surface area contributed by atoms with Crippen LogP contribution in [0, 0.1) is 5.92 Å². The van der Waals surface area contributed by atoms with Gasteiger partial charge in [-0.15, -0.1) is 0 Å². The predicted molar refractivity (Wildman–Crippen MR) is 109 cm³/mol. The summed E-state index contributed by atoms with van der Waals surface area (Å²) in [6.45, 7) is 2.77. The largest absolute Gasteiger partial charge is 0.548 e. The number of hydrogen-bond donors (Lipinski definition) is 0. The van der Waals surface area contributed by atoms with Gasteiger partial charge in [0.05, 0.1) is 18.2 Å². The molecule has 1 aliphatic heterocycles. The molecule has 0 bridgehead atoms. The van der Waals surface area contributed by atoms with Gasteiger partial charge in [-0.1, -0.05) is 62.4 Å². The molecule has 1 aliphatic rings. The van der Waals surface area contributed by atoms with Gasteiger partial charge in [-0.25, -0.2) is 0 Å². The highest BCUT2D eigenvalue weighted by molar-refractivity contribution is 5.99. The van der Waals surface area contributed by atoms with Gasteiger partial charge in [0.1, 0.15) is 11.8 Å². The van der Waals surface area contributed by atoms with Crippen molar-refractivity contribution < 1.29 is 24.2 Å². The van der Waals surface area contributed by atoms with Crippen LogP contribution in [-0.4, -0.2) is 46.8 Å². The van der Waals surface area contributed by atoms with E-state index < -0.39 is 30.4 Å².